The summed E-state index contributed by atoms with van der Waals surface area (Å²) in [6, 6.07) is 32.3. The maximum Gasteiger partial charge on any atom is 0.0906 e. The Labute approximate surface area is 153 Å². The first-order chi connectivity index (χ1) is 11.9. The first-order valence-corrected chi connectivity index (χ1v) is 9.76. The lowest BCUT2D eigenvalue weighted by molar-refractivity contribution is 0.890. The lowest BCUT2D eigenvalue weighted by Crippen LogP contribution is -2.26. The third-order valence-electron chi connectivity index (χ3n) is 4.14. The Kier molecular flexibility index (Phi) is 6.01. The summed E-state index contributed by atoms with van der Waals surface area (Å²) in [6.07, 6.45) is 1.00. The van der Waals surface area contributed by atoms with E-state index in [1.807, 2.05) is 11.8 Å². The van der Waals surface area contributed by atoms with Gasteiger partial charge in [0.25, 0.3) is 0 Å². The molecule has 3 aromatic rings. The zero-order valence-corrected chi connectivity index (χ0v) is 15.1. The number of thioether (sulfide) groups is 1. The molecule has 0 fully saturated rings. The van der Waals surface area contributed by atoms with Crippen LogP contribution in [0.2, 0.25) is 0 Å². The Morgan fingerprint density at radius 3 is 1.33 bits per heavy atom. The van der Waals surface area contributed by atoms with Crippen LogP contribution < -0.4 is 0 Å². The van der Waals surface area contributed by atoms with Crippen LogP contribution in [0.15, 0.2) is 91.0 Å². The summed E-state index contributed by atoms with van der Waals surface area (Å²) in [6.45, 7) is 0. The Bertz CT molecular complexity index is 629. The number of halogens is 1. The minimum absolute atomic E-state index is 0.212. The van der Waals surface area contributed by atoms with Crippen LogP contribution in [0.4, 0.5) is 0 Å². The zero-order chi connectivity index (χ0) is 16.7. The standard InChI is InChI=1S/C22H21ClS/c23-17-10-18-24-22(19-11-4-1-5-12-19,20-13-6-2-7-14-20)21-15-8-3-9-16-21/h1-9,11-16H,10,17-18H2. The largest absolute Gasteiger partial charge is 0.141 e. The van der Waals surface area contributed by atoms with Gasteiger partial charge in [-0.2, -0.15) is 0 Å². The molecule has 0 aliphatic rings. The van der Waals surface area contributed by atoms with Crippen molar-refractivity contribution in [2.24, 2.45) is 0 Å². The van der Waals surface area contributed by atoms with Gasteiger partial charge >= 0.3 is 0 Å². The molecule has 0 N–H and O–H groups in total. The second kappa shape index (κ2) is 8.41. The van der Waals surface area contributed by atoms with Gasteiger partial charge in [-0.15, -0.1) is 23.4 Å². The zero-order valence-electron chi connectivity index (χ0n) is 13.6. The normalized spacial score (nSPS) is 11.4. The van der Waals surface area contributed by atoms with Gasteiger partial charge in [0, 0.05) is 5.88 Å². The van der Waals surface area contributed by atoms with Gasteiger partial charge in [0.05, 0.1) is 4.75 Å². The maximum absolute atomic E-state index is 5.96. The summed E-state index contributed by atoms with van der Waals surface area (Å²) in [4.78, 5) is 0. The van der Waals surface area contributed by atoms with E-state index in [-0.39, 0.29) is 4.75 Å². The third kappa shape index (κ3) is 3.53. The van der Waals surface area contributed by atoms with Crippen molar-refractivity contribution < 1.29 is 0 Å². The van der Waals surface area contributed by atoms with E-state index in [1.165, 1.54) is 16.7 Å². The van der Waals surface area contributed by atoms with Crippen molar-refractivity contribution in [1.82, 2.24) is 0 Å². The second-order valence-corrected chi connectivity index (χ2v) is 7.36. The van der Waals surface area contributed by atoms with E-state index in [4.69, 9.17) is 11.6 Å². The van der Waals surface area contributed by atoms with E-state index in [9.17, 15) is 0 Å². The van der Waals surface area contributed by atoms with Crippen molar-refractivity contribution in [3.05, 3.63) is 108 Å². The lowest BCUT2D eigenvalue weighted by Gasteiger charge is -2.35. The highest BCUT2D eigenvalue weighted by molar-refractivity contribution is 8.00. The molecule has 3 rings (SSSR count). The molecule has 0 heterocycles. The number of hydrogen-bond donors (Lipinski definition) is 0. The Morgan fingerprint density at radius 2 is 1.00 bits per heavy atom. The van der Waals surface area contributed by atoms with Gasteiger partial charge in [-0.3, -0.25) is 0 Å². The fourth-order valence-electron chi connectivity index (χ4n) is 3.05. The predicted octanol–water partition coefficient (Wildman–Crippen LogP) is 6.34. The van der Waals surface area contributed by atoms with E-state index in [2.05, 4.69) is 91.0 Å². The Hall–Kier alpha value is -1.70. The van der Waals surface area contributed by atoms with Gasteiger partial charge in [-0.1, -0.05) is 91.0 Å². The molecule has 0 aliphatic carbocycles. The van der Waals surface area contributed by atoms with Crippen LogP contribution >= 0.6 is 23.4 Å². The predicted molar refractivity (Wildman–Crippen MR) is 107 cm³/mol. The number of benzene rings is 3. The SMILES string of the molecule is ClCCCSC(c1ccccc1)(c1ccccc1)c1ccccc1. The van der Waals surface area contributed by atoms with Gasteiger partial charge in [0.1, 0.15) is 0 Å². The molecule has 0 bridgehead atoms. The van der Waals surface area contributed by atoms with Gasteiger partial charge in [0.15, 0.2) is 0 Å². The summed E-state index contributed by atoms with van der Waals surface area (Å²) in [7, 11) is 0. The topological polar surface area (TPSA) is 0 Å². The minimum atomic E-state index is -0.212. The quantitative estimate of drug-likeness (QED) is 0.271. The van der Waals surface area contributed by atoms with E-state index in [0.717, 1.165) is 12.2 Å². The van der Waals surface area contributed by atoms with Gasteiger partial charge in [-0.05, 0) is 28.9 Å². The highest BCUT2D eigenvalue weighted by atomic mass is 35.5. The van der Waals surface area contributed by atoms with E-state index >= 15 is 0 Å². The van der Waals surface area contributed by atoms with Gasteiger partial charge in [-0.25, -0.2) is 0 Å². The average molecular weight is 353 g/mol. The van der Waals surface area contributed by atoms with Gasteiger partial charge < -0.3 is 0 Å². The van der Waals surface area contributed by atoms with Crippen molar-refractivity contribution in [3.8, 4) is 0 Å². The molecule has 0 atom stereocenters. The summed E-state index contributed by atoms with van der Waals surface area (Å²) in [5.41, 5.74) is 3.92. The van der Waals surface area contributed by atoms with Crippen molar-refractivity contribution >= 4 is 23.4 Å². The van der Waals surface area contributed by atoms with Crippen LogP contribution in [-0.2, 0) is 4.75 Å². The first-order valence-electron chi connectivity index (χ1n) is 8.24. The van der Waals surface area contributed by atoms with E-state index in [0.29, 0.717) is 5.88 Å². The summed E-state index contributed by atoms with van der Waals surface area (Å²) >= 11 is 7.92. The van der Waals surface area contributed by atoms with Crippen molar-refractivity contribution in [2.45, 2.75) is 11.2 Å². The molecule has 0 nitrogen and oxygen atoms in total. The first kappa shape index (κ1) is 17.1. The minimum Gasteiger partial charge on any atom is -0.141 e. The van der Waals surface area contributed by atoms with Crippen molar-refractivity contribution in [1.29, 1.82) is 0 Å². The molecule has 0 saturated carbocycles. The molecule has 0 aliphatic heterocycles. The van der Waals surface area contributed by atoms with Crippen LogP contribution in [0.25, 0.3) is 0 Å². The number of hydrogen-bond acceptors (Lipinski definition) is 1. The molecule has 0 unspecified atom stereocenters. The van der Waals surface area contributed by atoms with E-state index in [1.54, 1.807) is 0 Å². The molecule has 122 valence electrons. The van der Waals surface area contributed by atoms with E-state index < -0.39 is 0 Å². The van der Waals surface area contributed by atoms with Crippen LogP contribution in [0.5, 0.6) is 0 Å². The Morgan fingerprint density at radius 1 is 0.625 bits per heavy atom. The maximum atomic E-state index is 5.96. The summed E-state index contributed by atoms with van der Waals surface area (Å²) in [5, 5.41) is 0. The van der Waals surface area contributed by atoms with Gasteiger partial charge in [0.2, 0.25) is 0 Å². The molecular weight excluding hydrogens is 332 g/mol. The summed E-state index contributed by atoms with van der Waals surface area (Å²) < 4.78 is -0.212. The molecular formula is C22H21ClS. The highest BCUT2D eigenvalue weighted by Gasteiger charge is 2.36. The Balaban J connectivity index is 2.20. The monoisotopic (exact) mass is 352 g/mol. The molecule has 0 aromatic heterocycles. The lowest BCUT2D eigenvalue weighted by atomic mass is 9.84. The van der Waals surface area contributed by atoms with Crippen molar-refractivity contribution in [3.63, 3.8) is 0 Å². The number of alkyl halides is 1. The molecule has 0 spiro atoms. The average Bonchev–Trinajstić information content (AvgIpc) is 2.68. The van der Waals surface area contributed by atoms with Crippen LogP contribution in [0, 0.1) is 0 Å². The van der Waals surface area contributed by atoms with Crippen LogP contribution in [0.1, 0.15) is 23.1 Å². The highest BCUT2D eigenvalue weighted by Crippen LogP contribution is 2.48. The smallest absolute Gasteiger partial charge is 0.0906 e. The van der Waals surface area contributed by atoms with Crippen molar-refractivity contribution in [2.75, 3.05) is 11.6 Å². The molecule has 3 aromatic carbocycles. The second-order valence-electron chi connectivity index (χ2n) is 5.67. The number of rotatable bonds is 7. The molecule has 2 heteroatoms. The van der Waals surface area contributed by atoms with Crippen LogP contribution in [0.3, 0.4) is 0 Å². The summed E-state index contributed by atoms with van der Waals surface area (Å²) in [5.74, 6) is 1.71. The van der Waals surface area contributed by atoms with Crippen LogP contribution in [-0.4, -0.2) is 11.6 Å². The molecule has 0 amide bonds. The molecule has 24 heavy (non-hydrogen) atoms. The fourth-order valence-corrected chi connectivity index (χ4v) is 4.84. The third-order valence-corrected chi connectivity index (χ3v) is 6.04. The molecule has 0 saturated heterocycles. The fraction of sp³-hybridized carbons (Fsp3) is 0.182. The molecule has 0 radical (unpaired) electrons.